The molecule has 8 heteroatoms. The van der Waals surface area contributed by atoms with Gasteiger partial charge in [-0.25, -0.2) is 8.78 Å². The third-order valence-corrected chi connectivity index (χ3v) is 4.97. The molecule has 2 aliphatic heterocycles. The number of rotatable bonds is 3. The number of halogens is 2. The van der Waals surface area contributed by atoms with E-state index in [1.807, 2.05) is 4.90 Å². The quantitative estimate of drug-likeness (QED) is 0.892. The first-order chi connectivity index (χ1) is 11.2. The van der Waals surface area contributed by atoms with Gasteiger partial charge in [-0.2, -0.15) is 5.10 Å². The van der Waals surface area contributed by atoms with Crippen LogP contribution in [-0.4, -0.2) is 74.8 Å². The van der Waals surface area contributed by atoms with Gasteiger partial charge in [-0.05, 0) is 13.3 Å². The molecule has 1 aromatic rings. The normalized spacial score (nSPS) is 27.6. The minimum absolute atomic E-state index is 0.137. The monoisotopic (exact) mass is 342 g/mol. The largest absolute Gasteiger partial charge is 0.387 e. The van der Waals surface area contributed by atoms with Crippen LogP contribution >= 0.6 is 0 Å². The van der Waals surface area contributed by atoms with E-state index in [-0.39, 0.29) is 38.4 Å². The number of aliphatic hydroxyl groups is 1. The highest BCUT2D eigenvalue weighted by Crippen LogP contribution is 2.30. The number of aromatic nitrogens is 2. The summed E-state index contributed by atoms with van der Waals surface area (Å²) < 4.78 is 28.1. The molecule has 1 aromatic heterocycles. The molecule has 2 saturated heterocycles. The van der Waals surface area contributed by atoms with E-state index in [1.54, 1.807) is 29.7 Å². The average Bonchev–Trinajstić information content (AvgIpc) is 3.04. The Morgan fingerprint density at radius 2 is 1.96 bits per heavy atom. The average molecular weight is 342 g/mol. The van der Waals surface area contributed by atoms with Crippen LogP contribution in [0.15, 0.2) is 6.20 Å². The van der Waals surface area contributed by atoms with Crippen LogP contribution in [0.3, 0.4) is 0 Å². The Labute approximate surface area is 140 Å². The van der Waals surface area contributed by atoms with Crippen molar-refractivity contribution in [2.24, 2.45) is 7.05 Å². The summed E-state index contributed by atoms with van der Waals surface area (Å²) in [6.07, 6.45) is 1.81. The molecule has 2 aliphatic rings. The Hall–Kier alpha value is -1.54. The highest BCUT2D eigenvalue weighted by Gasteiger charge is 2.42. The van der Waals surface area contributed by atoms with Gasteiger partial charge in [0, 0.05) is 52.3 Å². The lowest BCUT2D eigenvalue weighted by Crippen LogP contribution is -2.49. The number of aryl methyl sites for hydroxylation is 2. The lowest BCUT2D eigenvalue weighted by molar-refractivity contribution is -0.0720. The van der Waals surface area contributed by atoms with Gasteiger partial charge in [-0.1, -0.05) is 0 Å². The van der Waals surface area contributed by atoms with Crippen LogP contribution in [0.1, 0.15) is 35.3 Å². The van der Waals surface area contributed by atoms with E-state index in [4.69, 9.17) is 0 Å². The van der Waals surface area contributed by atoms with E-state index < -0.39 is 11.5 Å². The van der Waals surface area contributed by atoms with E-state index in [2.05, 4.69) is 5.10 Å². The summed E-state index contributed by atoms with van der Waals surface area (Å²) >= 11 is 0. The van der Waals surface area contributed by atoms with Crippen molar-refractivity contribution in [2.75, 3.05) is 32.7 Å². The van der Waals surface area contributed by atoms with E-state index in [0.717, 1.165) is 0 Å². The topological polar surface area (TPSA) is 61.6 Å². The van der Waals surface area contributed by atoms with E-state index in [9.17, 15) is 18.7 Å². The lowest BCUT2D eigenvalue weighted by Gasteiger charge is -2.36. The third-order valence-electron chi connectivity index (χ3n) is 4.97. The fourth-order valence-electron chi connectivity index (χ4n) is 3.59. The van der Waals surface area contributed by atoms with Crippen molar-refractivity contribution in [1.29, 1.82) is 0 Å². The Morgan fingerprint density at radius 3 is 2.54 bits per heavy atom. The van der Waals surface area contributed by atoms with Crippen molar-refractivity contribution < 1.29 is 18.7 Å². The van der Waals surface area contributed by atoms with Crippen molar-refractivity contribution in [3.05, 3.63) is 17.5 Å². The molecule has 1 N–H and O–H groups in total. The molecule has 1 atom stereocenters. The van der Waals surface area contributed by atoms with Gasteiger partial charge >= 0.3 is 0 Å². The van der Waals surface area contributed by atoms with Gasteiger partial charge in [-0.3, -0.25) is 14.4 Å². The molecule has 0 radical (unpaired) electrons. The summed E-state index contributed by atoms with van der Waals surface area (Å²) in [5.74, 6) is -2.73. The number of amides is 1. The fraction of sp³-hybridized carbons (Fsp3) is 0.750. The summed E-state index contributed by atoms with van der Waals surface area (Å²) in [6.45, 7) is 3.37. The SMILES string of the molecule is Cc1nn(C)cc1C(=O)N1CC[C@@](O)(CN2CCC(F)(F)CC2)C1. The van der Waals surface area contributed by atoms with E-state index >= 15 is 0 Å². The number of piperidine rings is 1. The number of nitrogens with zero attached hydrogens (tertiary/aromatic N) is 4. The maximum absolute atomic E-state index is 13.2. The predicted octanol–water partition coefficient (Wildman–Crippen LogP) is 1.04. The van der Waals surface area contributed by atoms with Gasteiger partial charge < -0.3 is 10.0 Å². The van der Waals surface area contributed by atoms with Gasteiger partial charge in [0.25, 0.3) is 11.8 Å². The standard InChI is InChI=1S/C16H24F2N4O2/c1-12-13(9-20(2)19-12)14(23)22-8-3-15(24,11-22)10-21-6-4-16(17,18)5-7-21/h9,24H,3-8,10-11H2,1-2H3/t15-/m1/s1. The van der Waals surface area contributed by atoms with Gasteiger partial charge in [0.2, 0.25) is 0 Å². The van der Waals surface area contributed by atoms with Gasteiger partial charge in [0.15, 0.2) is 0 Å². The Morgan fingerprint density at radius 1 is 1.29 bits per heavy atom. The van der Waals surface area contributed by atoms with Crippen LogP contribution in [0.25, 0.3) is 0 Å². The molecule has 0 saturated carbocycles. The maximum Gasteiger partial charge on any atom is 0.257 e. The number of carbonyl (C=O) groups is 1. The van der Waals surface area contributed by atoms with Crippen LogP contribution in [0, 0.1) is 6.92 Å². The Kier molecular flexibility index (Phi) is 4.37. The zero-order valence-electron chi connectivity index (χ0n) is 14.1. The maximum atomic E-state index is 13.2. The highest BCUT2D eigenvalue weighted by atomic mass is 19.3. The molecular formula is C16H24F2N4O2. The zero-order valence-corrected chi connectivity index (χ0v) is 14.1. The first-order valence-electron chi connectivity index (χ1n) is 8.30. The molecule has 0 unspecified atom stereocenters. The molecule has 134 valence electrons. The van der Waals surface area contributed by atoms with Crippen LogP contribution in [0.4, 0.5) is 8.78 Å². The highest BCUT2D eigenvalue weighted by molar-refractivity contribution is 5.95. The Bertz CT molecular complexity index is 624. The molecule has 6 nitrogen and oxygen atoms in total. The molecule has 3 heterocycles. The molecule has 3 rings (SSSR count). The molecule has 0 spiro atoms. The van der Waals surface area contributed by atoms with E-state index in [0.29, 0.717) is 30.8 Å². The first-order valence-corrected chi connectivity index (χ1v) is 8.30. The third kappa shape index (κ3) is 3.59. The van der Waals surface area contributed by atoms with Crippen molar-refractivity contribution in [2.45, 2.75) is 37.7 Å². The molecule has 0 bridgehead atoms. The predicted molar refractivity (Wildman–Crippen MR) is 84.0 cm³/mol. The minimum Gasteiger partial charge on any atom is -0.387 e. The molecule has 2 fully saturated rings. The fourth-order valence-corrected chi connectivity index (χ4v) is 3.59. The van der Waals surface area contributed by atoms with Gasteiger partial charge in [-0.15, -0.1) is 0 Å². The van der Waals surface area contributed by atoms with Crippen LogP contribution in [0.5, 0.6) is 0 Å². The minimum atomic E-state index is -2.59. The molecular weight excluding hydrogens is 318 g/mol. The number of alkyl halides is 2. The molecule has 0 aliphatic carbocycles. The summed E-state index contributed by atoms with van der Waals surface area (Å²) in [7, 11) is 1.76. The van der Waals surface area contributed by atoms with Crippen molar-refractivity contribution in [3.8, 4) is 0 Å². The van der Waals surface area contributed by atoms with Crippen LogP contribution in [-0.2, 0) is 7.05 Å². The second-order valence-electron chi connectivity index (χ2n) is 7.14. The van der Waals surface area contributed by atoms with Crippen molar-refractivity contribution in [1.82, 2.24) is 19.6 Å². The van der Waals surface area contributed by atoms with Crippen LogP contribution < -0.4 is 0 Å². The molecule has 1 amide bonds. The van der Waals surface area contributed by atoms with Crippen molar-refractivity contribution in [3.63, 3.8) is 0 Å². The molecule has 24 heavy (non-hydrogen) atoms. The number of β-amino-alcohol motifs (C(OH)–C–C–N with tert-alkyl or cyclic N) is 1. The van der Waals surface area contributed by atoms with Gasteiger partial charge in [0.05, 0.1) is 23.4 Å². The Balaban J connectivity index is 1.60. The zero-order chi connectivity index (χ0) is 17.5. The van der Waals surface area contributed by atoms with Crippen LogP contribution in [0.2, 0.25) is 0 Å². The van der Waals surface area contributed by atoms with Gasteiger partial charge in [0.1, 0.15) is 0 Å². The number of hydrogen-bond acceptors (Lipinski definition) is 4. The lowest BCUT2D eigenvalue weighted by atomic mass is 10.00. The second kappa shape index (κ2) is 6.07. The second-order valence-corrected chi connectivity index (χ2v) is 7.14. The smallest absolute Gasteiger partial charge is 0.257 e. The summed E-state index contributed by atoms with van der Waals surface area (Å²) in [5.41, 5.74) is 0.175. The number of carbonyl (C=O) groups excluding carboxylic acids is 1. The number of hydrogen-bond donors (Lipinski definition) is 1. The summed E-state index contributed by atoms with van der Waals surface area (Å²) in [4.78, 5) is 16.1. The number of likely N-dealkylation sites (tertiary alicyclic amines) is 2. The molecule has 0 aromatic carbocycles. The summed E-state index contributed by atoms with van der Waals surface area (Å²) in [5, 5.41) is 14.9. The van der Waals surface area contributed by atoms with Crippen molar-refractivity contribution >= 4 is 5.91 Å². The first kappa shape index (κ1) is 17.3. The summed E-state index contributed by atoms with van der Waals surface area (Å²) in [6, 6.07) is 0. The van der Waals surface area contributed by atoms with E-state index in [1.165, 1.54) is 0 Å².